The maximum absolute atomic E-state index is 12.0. The van der Waals surface area contributed by atoms with Crippen molar-refractivity contribution >= 4 is 34.3 Å². The quantitative estimate of drug-likeness (QED) is 0.377. The molecule has 1 atom stereocenters. The van der Waals surface area contributed by atoms with E-state index in [1.165, 1.54) is 11.1 Å². The summed E-state index contributed by atoms with van der Waals surface area (Å²) in [4.78, 5) is 19.1. The van der Waals surface area contributed by atoms with Gasteiger partial charge in [-0.2, -0.15) is 0 Å². The fourth-order valence-electron chi connectivity index (χ4n) is 4.94. The van der Waals surface area contributed by atoms with Crippen LogP contribution in [0.15, 0.2) is 71.7 Å². The smallest absolute Gasteiger partial charge is 0.333 e. The van der Waals surface area contributed by atoms with E-state index in [0.29, 0.717) is 12.1 Å². The lowest BCUT2D eigenvalue weighted by Gasteiger charge is -2.46. The average molecular weight is 441 g/mol. The SMILES string of the molecule is C=C(C)C(=O)OCCN1c2ccc(C)cc2C(C)(C)C12C=Nc1c(ccc3ccccc13)O2. The van der Waals surface area contributed by atoms with Crippen LogP contribution < -0.4 is 9.64 Å². The number of rotatable bonds is 4. The number of nitrogens with zero attached hydrogens (tertiary/aromatic N) is 2. The largest absolute Gasteiger partial charge is 0.460 e. The molecule has 0 fully saturated rings. The van der Waals surface area contributed by atoms with Crippen molar-refractivity contribution in [3.8, 4) is 5.75 Å². The minimum absolute atomic E-state index is 0.221. The molecule has 1 unspecified atom stereocenters. The number of hydrogen-bond donors (Lipinski definition) is 0. The van der Waals surface area contributed by atoms with Crippen LogP contribution in [0.5, 0.6) is 5.75 Å². The molecule has 5 rings (SSSR count). The summed E-state index contributed by atoms with van der Waals surface area (Å²) in [7, 11) is 0. The Morgan fingerprint density at radius 2 is 1.94 bits per heavy atom. The fraction of sp³-hybridized carbons (Fsp3) is 0.286. The molecule has 3 aromatic rings. The molecule has 0 radical (unpaired) electrons. The maximum Gasteiger partial charge on any atom is 0.333 e. The highest BCUT2D eigenvalue weighted by Gasteiger charge is 2.59. The second-order valence-electron chi connectivity index (χ2n) is 9.40. The second kappa shape index (κ2) is 7.48. The van der Waals surface area contributed by atoms with Crippen molar-refractivity contribution in [2.24, 2.45) is 4.99 Å². The summed E-state index contributed by atoms with van der Waals surface area (Å²) in [6.07, 6.45) is 1.93. The lowest BCUT2D eigenvalue weighted by molar-refractivity contribution is -0.138. The first kappa shape index (κ1) is 21.3. The Bertz CT molecular complexity index is 1320. The number of hydrogen-bond acceptors (Lipinski definition) is 5. The van der Waals surface area contributed by atoms with Gasteiger partial charge in [-0.25, -0.2) is 4.79 Å². The van der Waals surface area contributed by atoms with Crippen LogP contribution in [0.25, 0.3) is 10.8 Å². The average Bonchev–Trinajstić information content (AvgIpc) is 2.96. The van der Waals surface area contributed by atoms with Gasteiger partial charge in [0.15, 0.2) is 0 Å². The summed E-state index contributed by atoms with van der Waals surface area (Å²) >= 11 is 0. The number of fused-ring (bicyclic) bond motifs is 4. The summed E-state index contributed by atoms with van der Waals surface area (Å²) in [5.74, 6) is 0.361. The predicted octanol–water partition coefficient (Wildman–Crippen LogP) is 5.86. The van der Waals surface area contributed by atoms with Gasteiger partial charge in [-0.05, 0) is 50.8 Å². The van der Waals surface area contributed by atoms with Crippen LogP contribution in [-0.4, -0.2) is 31.1 Å². The van der Waals surface area contributed by atoms with E-state index in [1.807, 2.05) is 24.4 Å². The van der Waals surface area contributed by atoms with Gasteiger partial charge >= 0.3 is 5.97 Å². The molecule has 168 valence electrons. The van der Waals surface area contributed by atoms with Gasteiger partial charge in [-0.3, -0.25) is 4.99 Å². The molecule has 0 saturated heterocycles. The number of ether oxygens (including phenoxy) is 2. The number of anilines is 1. The molecule has 2 aliphatic heterocycles. The highest BCUT2D eigenvalue weighted by atomic mass is 16.5. The Morgan fingerprint density at radius 3 is 2.73 bits per heavy atom. The van der Waals surface area contributed by atoms with Crippen molar-refractivity contribution in [1.82, 2.24) is 0 Å². The molecule has 0 bridgehead atoms. The molecule has 0 aliphatic carbocycles. The standard InChI is InChI=1S/C28H28N2O3/c1-18(2)26(31)32-15-14-30-23-12-10-19(3)16-22(23)27(4,5)28(30)17-29-25-21-9-7-6-8-20(21)11-13-24(25)33-28/h6-13,16-17H,1,14-15H2,2-5H3. The van der Waals surface area contributed by atoms with Gasteiger partial charge in [0, 0.05) is 16.6 Å². The van der Waals surface area contributed by atoms with E-state index < -0.39 is 11.1 Å². The minimum atomic E-state index is -0.853. The number of aliphatic imine (C=N–C) groups is 1. The van der Waals surface area contributed by atoms with Gasteiger partial charge in [-0.15, -0.1) is 0 Å². The molecule has 0 N–H and O–H groups in total. The third-order valence-corrected chi connectivity index (χ3v) is 6.81. The Labute approximate surface area is 194 Å². The second-order valence-corrected chi connectivity index (χ2v) is 9.40. The minimum Gasteiger partial charge on any atom is -0.460 e. The van der Waals surface area contributed by atoms with Crippen molar-refractivity contribution in [2.45, 2.75) is 38.8 Å². The molecule has 0 saturated carbocycles. The maximum atomic E-state index is 12.0. The number of benzene rings is 3. The number of aryl methyl sites for hydroxylation is 1. The zero-order valence-corrected chi connectivity index (χ0v) is 19.5. The van der Waals surface area contributed by atoms with Crippen LogP contribution >= 0.6 is 0 Å². The van der Waals surface area contributed by atoms with Crippen molar-refractivity contribution in [1.29, 1.82) is 0 Å². The van der Waals surface area contributed by atoms with E-state index in [-0.39, 0.29) is 12.6 Å². The lowest BCUT2D eigenvalue weighted by atomic mass is 9.77. The molecule has 5 nitrogen and oxygen atoms in total. The molecule has 2 heterocycles. The highest BCUT2D eigenvalue weighted by Crippen LogP contribution is 2.54. The van der Waals surface area contributed by atoms with Crippen LogP contribution in [0.4, 0.5) is 11.4 Å². The lowest BCUT2D eigenvalue weighted by Crippen LogP contribution is -2.62. The van der Waals surface area contributed by atoms with Crippen molar-refractivity contribution in [3.63, 3.8) is 0 Å². The van der Waals surface area contributed by atoms with Gasteiger partial charge in [0.1, 0.15) is 18.0 Å². The van der Waals surface area contributed by atoms with Crippen molar-refractivity contribution < 1.29 is 14.3 Å². The normalized spacial score (nSPS) is 19.8. The monoisotopic (exact) mass is 440 g/mol. The van der Waals surface area contributed by atoms with Gasteiger partial charge in [0.05, 0.1) is 18.2 Å². The van der Waals surface area contributed by atoms with Gasteiger partial charge in [-0.1, -0.05) is 54.6 Å². The van der Waals surface area contributed by atoms with Crippen LogP contribution in [0.1, 0.15) is 31.9 Å². The van der Waals surface area contributed by atoms with Crippen LogP contribution in [-0.2, 0) is 14.9 Å². The van der Waals surface area contributed by atoms with Crippen LogP contribution in [0.3, 0.4) is 0 Å². The van der Waals surface area contributed by atoms with Gasteiger partial charge in [0.2, 0.25) is 5.72 Å². The fourth-order valence-corrected chi connectivity index (χ4v) is 4.94. The molecule has 2 aliphatic rings. The van der Waals surface area contributed by atoms with Gasteiger partial charge < -0.3 is 14.4 Å². The summed E-state index contributed by atoms with van der Waals surface area (Å²) in [6.45, 7) is 12.5. The summed E-state index contributed by atoms with van der Waals surface area (Å²) in [5, 5.41) is 2.19. The van der Waals surface area contributed by atoms with Crippen LogP contribution in [0, 0.1) is 6.92 Å². The van der Waals surface area contributed by atoms with Gasteiger partial charge in [0.25, 0.3) is 0 Å². The Hall–Kier alpha value is -3.60. The predicted molar refractivity (Wildman–Crippen MR) is 133 cm³/mol. The van der Waals surface area contributed by atoms with E-state index in [4.69, 9.17) is 14.5 Å². The first-order valence-corrected chi connectivity index (χ1v) is 11.2. The third-order valence-electron chi connectivity index (χ3n) is 6.81. The Kier molecular flexibility index (Phi) is 4.82. The molecule has 0 aromatic heterocycles. The molecular weight excluding hydrogens is 412 g/mol. The summed E-state index contributed by atoms with van der Waals surface area (Å²) in [5.41, 5.74) is 3.41. The number of carbonyl (C=O) groups excluding carboxylic acids is 1. The Balaban J connectivity index is 1.60. The van der Waals surface area contributed by atoms with Crippen molar-refractivity contribution in [2.75, 3.05) is 18.1 Å². The topological polar surface area (TPSA) is 51.1 Å². The van der Waals surface area contributed by atoms with E-state index in [1.54, 1.807) is 6.92 Å². The van der Waals surface area contributed by atoms with E-state index in [0.717, 1.165) is 27.9 Å². The molecule has 1 spiro atoms. The molecule has 5 heteroatoms. The first-order valence-electron chi connectivity index (χ1n) is 11.2. The van der Waals surface area contributed by atoms with E-state index in [2.05, 4.69) is 68.6 Å². The third kappa shape index (κ3) is 3.14. The molecule has 3 aromatic carbocycles. The molecule has 33 heavy (non-hydrogen) atoms. The van der Waals surface area contributed by atoms with E-state index >= 15 is 0 Å². The molecular formula is C28H28N2O3. The molecule has 0 amide bonds. The highest BCUT2D eigenvalue weighted by molar-refractivity contribution is 5.99. The summed E-state index contributed by atoms with van der Waals surface area (Å²) < 4.78 is 12.3. The first-order chi connectivity index (χ1) is 15.7. The number of esters is 1. The van der Waals surface area contributed by atoms with E-state index in [9.17, 15) is 4.79 Å². The van der Waals surface area contributed by atoms with Crippen LogP contribution in [0.2, 0.25) is 0 Å². The zero-order chi connectivity index (χ0) is 23.4. The number of carbonyl (C=O) groups is 1. The Morgan fingerprint density at radius 1 is 1.15 bits per heavy atom. The van der Waals surface area contributed by atoms with Crippen molar-refractivity contribution in [3.05, 3.63) is 77.9 Å². The summed E-state index contributed by atoms with van der Waals surface area (Å²) in [6, 6.07) is 18.7. The zero-order valence-electron chi connectivity index (χ0n) is 19.5.